The molecule has 0 spiro atoms. The zero-order valence-corrected chi connectivity index (χ0v) is 25.7. The maximum atomic E-state index is 13.6. The summed E-state index contributed by atoms with van der Waals surface area (Å²) < 4.78 is 10.1. The van der Waals surface area contributed by atoms with E-state index in [9.17, 15) is 9.59 Å². The predicted molar refractivity (Wildman–Crippen MR) is 158 cm³/mol. The number of carbonyl (C=O) groups is 2. The number of aromatic nitrogens is 2. The number of nitrogens with one attached hydrogen (secondary N) is 1. The predicted octanol–water partition coefficient (Wildman–Crippen LogP) is 3.84. The normalized spacial score (nSPS) is 13.0. The number of carbonyl (C=O) groups excluding carboxylic acids is 2. The second kappa shape index (κ2) is 12.6. The maximum absolute atomic E-state index is 13.6. The van der Waals surface area contributed by atoms with E-state index in [2.05, 4.69) is 24.5 Å². The van der Waals surface area contributed by atoms with Crippen LogP contribution in [0.5, 0.6) is 0 Å². The van der Waals surface area contributed by atoms with Gasteiger partial charge in [0.1, 0.15) is 0 Å². The van der Waals surface area contributed by atoms with Crippen LogP contribution in [0.1, 0.15) is 51.6 Å². The first-order chi connectivity index (χ1) is 19.8. The van der Waals surface area contributed by atoms with Crippen LogP contribution in [0.25, 0.3) is 22.2 Å². The molecule has 41 heavy (non-hydrogen) atoms. The van der Waals surface area contributed by atoms with E-state index in [4.69, 9.17) is 9.72 Å². The van der Waals surface area contributed by atoms with Crippen LogP contribution in [0.4, 0.5) is 5.69 Å². The molecule has 0 saturated carbocycles. The van der Waals surface area contributed by atoms with Gasteiger partial charge in [-0.3, -0.25) is 9.78 Å². The fourth-order valence-corrected chi connectivity index (χ4v) is 6.44. The SMILES string of the molecule is CC1=C[I-]C=C(CCCN(C)C(=O)c2ccc(NC(=O)c3cc(-c4cccnc4)nc4c(C)cc(C)cc34)cc2)O1. The monoisotopic (exact) mass is 659 g/mol. The molecule has 5 rings (SSSR count). The Labute approximate surface area is 250 Å². The molecule has 8 heteroatoms. The number of pyridine rings is 2. The Balaban J connectivity index is 1.29. The van der Waals surface area contributed by atoms with Gasteiger partial charge < -0.3 is 0 Å². The average molecular weight is 660 g/mol. The first-order valence-corrected chi connectivity index (χ1v) is 15.9. The van der Waals surface area contributed by atoms with Crippen molar-refractivity contribution in [3.8, 4) is 11.3 Å². The summed E-state index contributed by atoms with van der Waals surface area (Å²) in [5.74, 6) is 1.69. The third-order valence-corrected chi connectivity index (χ3v) is 9.09. The van der Waals surface area contributed by atoms with Crippen LogP contribution in [0.3, 0.4) is 0 Å². The Morgan fingerprint density at radius 2 is 1.83 bits per heavy atom. The van der Waals surface area contributed by atoms with Crippen molar-refractivity contribution in [1.82, 2.24) is 14.9 Å². The molecule has 2 aromatic heterocycles. The Morgan fingerprint density at radius 1 is 1.02 bits per heavy atom. The van der Waals surface area contributed by atoms with Crippen molar-refractivity contribution in [3.05, 3.63) is 109 Å². The van der Waals surface area contributed by atoms with Gasteiger partial charge in [0.25, 0.3) is 5.91 Å². The van der Waals surface area contributed by atoms with Crippen molar-refractivity contribution in [2.45, 2.75) is 33.6 Å². The number of amides is 2. The molecule has 1 N–H and O–H groups in total. The van der Waals surface area contributed by atoms with Gasteiger partial charge in [0.15, 0.2) is 0 Å². The Hall–Kier alpha value is -4.05. The van der Waals surface area contributed by atoms with E-state index >= 15 is 0 Å². The Bertz CT molecular complexity index is 1660. The molecule has 0 atom stereocenters. The third kappa shape index (κ3) is 6.82. The number of benzene rings is 2. The summed E-state index contributed by atoms with van der Waals surface area (Å²) in [7, 11) is 1.81. The third-order valence-electron chi connectivity index (χ3n) is 6.80. The van der Waals surface area contributed by atoms with E-state index in [0.29, 0.717) is 29.1 Å². The standard InChI is InChI=1S/C33H32IN4O3/c1-21-15-22(2)31-28(16-21)29(17-30(37-31)25-7-5-13-35-20-25)32(39)36-26-11-9-24(10-12-26)33(40)38(4)14-6-8-27-19-34-18-23(3)41-27/h5,7,9-13,15-20H,6,8,14H2,1-4H3,(H,36,39)/q-1. The molecule has 2 amide bonds. The van der Waals surface area contributed by atoms with Gasteiger partial charge in [0, 0.05) is 23.3 Å². The van der Waals surface area contributed by atoms with Crippen LogP contribution < -0.4 is 26.5 Å². The van der Waals surface area contributed by atoms with Gasteiger partial charge in [-0.25, -0.2) is 4.98 Å². The van der Waals surface area contributed by atoms with Crippen LogP contribution in [0, 0.1) is 13.8 Å². The summed E-state index contributed by atoms with van der Waals surface area (Å²) >= 11 is -0.0643. The molecular weight excluding hydrogens is 627 g/mol. The van der Waals surface area contributed by atoms with E-state index in [1.807, 2.05) is 52.1 Å². The molecule has 0 aliphatic carbocycles. The van der Waals surface area contributed by atoms with Crippen molar-refractivity contribution >= 4 is 28.4 Å². The van der Waals surface area contributed by atoms with Gasteiger partial charge >= 0.3 is 135 Å². The zero-order chi connectivity index (χ0) is 28.9. The van der Waals surface area contributed by atoms with E-state index in [1.165, 1.54) is 0 Å². The molecule has 0 unspecified atom stereocenters. The summed E-state index contributed by atoms with van der Waals surface area (Å²) in [5.41, 5.74) is 6.09. The fourth-order valence-electron chi connectivity index (χ4n) is 4.79. The van der Waals surface area contributed by atoms with Gasteiger partial charge in [0.05, 0.1) is 16.8 Å². The first-order valence-electron chi connectivity index (χ1n) is 13.4. The number of ether oxygens (including phenoxy) is 1. The quantitative estimate of drug-likeness (QED) is 0.291. The average Bonchev–Trinajstić information content (AvgIpc) is 2.97. The molecule has 0 fully saturated rings. The number of halogens is 1. The summed E-state index contributed by atoms with van der Waals surface area (Å²) in [5, 5.41) is 3.80. The van der Waals surface area contributed by atoms with Crippen molar-refractivity contribution in [2.24, 2.45) is 0 Å². The molecule has 0 bridgehead atoms. The Kier molecular flexibility index (Phi) is 8.78. The summed E-state index contributed by atoms with van der Waals surface area (Å²) in [6, 6.07) is 16.7. The van der Waals surface area contributed by atoms with Crippen molar-refractivity contribution < 1.29 is 35.5 Å². The van der Waals surface area contributed by atoms with Crippen LogP contribution in [0.2, 0.25) is 0 Å². The Morgan fingerprint density at radius 3 is 2.56 bits per heavy atom. The zero-order valence-electron chi connectivity index (χ0n) is 23.6. The minimum atomic E-state index is -0.240. The molecular formula is C33H32IN4O3-. The molecule has 1 aliphatic heterocycles. The molecule has 210 valence electrons. The fraction of sp³-hybridized carbons (Fsp3) is 0.212. The number of fused-ring (bicyclic) bond motifs is 1. The van der Waals surface area contributed by atoms with Gasteiger partial charge in [-0.05, 0) is 43.7 Å². The van der Waals surface area contributed by atoms with E-state index in [1.54, 1.807) is 41.6 Å². The molecule has 0 saturated heterocycles. The number of aryl methyl sites for hydroxylation is 2. The van der Waals surface area contributed by atoms with E-state index in [0.717, 1.165) is 52.0 Å². The number of allylic oxidation sites excluding steroid dienone is 2. The van der Waals surface area contributed by atoms with E-state index < -0.39 is 0 Å². The van der Waals surface area contributed by atoms with Crippen molar-refractivity contribution in [3.63, 3.8) is 0 Å². The number of anilines is 1. The van der Waals surface area contributed by atoms with Crippen LogP contribution in [0.15, 0.2) is 86.7 Å². The van der Waals surface area contributed by atoms with Gasteiger partial charge in [-0.2, -0.15) is 0 Å². The van der Waals surface area contributed by atoms with Gasteiger partial charge in [-0.15, -0.1) is 0 Å². The van der Waals surface area contributed by atoms with Crippen LogP contribution >= 0.6 is 0 Å². The van der Waals surface area contributed by atoms with Crippen LogP contribution in [-0.4, -0.2) is 40.3 Å². The minimum absolute atomic E-state index is 0.0582. The van der Waals surface area contributed by atoms with Crippen molar-refractivity contribution in [1.29, 1.82) is 0 Å². The molecule has 0 radical (unpaired) electrons. The molecule has 2 aromatic carbocycles. The second-order valence-corrected chi connectivity index (χ2v) is 12.1. The number of nitrogens with zero attached hydrogens (tertiary/aromatic N) is 3. The van der Waals surface area contributed by atoms with Crippen molar-refractivity contribution in [2.75, 3.05) is 18.9 Å². The summed E-state index contributed by atoms with van der Waals surface area (Å²) in [6.07, 6.45) is 5.10. The number of hydrogen-bond donors (Lipinski definition) is 1. The summed E-state index contributed by atoms with van der Waals surface area (Å²) in [4.78, 5) is 37.4. The molecule has 1 aliphatic rings. The second-order valence-electron chi connectivity index (χ2n) is 10.2. The van der Waals surface area contributed by atoms with Gasteiger partial charge in [0.2, 0.25) is 0 Å². The van der Waals surface area contributed by atoms with Gasteiger partial charge in [-0.1, -0.05) is 11.6 Å². The topological polar surface area (TPSA) is 84.4 Å². The van der Waals surface area contributed by atoms with E-state index in [-0.39, 0.29) is 33.0 Å². The summed E-state index contributed by atoms with van der Waals surface area (Å²) in [6.45, 7) is 6.63. The first kappa shape index (κ1) is 28.5. The number of rotatable bonds is 8. The molecule has 7 nitrogen and oxygen atoms in total. The molecule has 3 heterocycles. The number of hydrogen-bond acceptors (Lipinski definition) is 5. The van der Waals surface area contributed by atoms with Crippen LogP contribution in [-0.2, 0) is 4.74 Å². The molecule has 4 aromatic rings.